The average molecular weight is 297 g/mol. The second-order valence-electron chi connectivity index (χ2n) is 3.56. The first-order valence-corrected chi connectivity index (χ1v) is 5.79. The van der Waals surface area contributed by atoms with Crippen molar-refractivity contribution in [1.29, 1.82) is 0 Å². The number of phenols is 1. The molecule has 0 aliphatic heterocycles. The maximum Gasteiger partial charge on any atom is 0.124 e. The maximum absolute atomic E-state index is 13.1. The van der Waals surface area contributed by atoms with Crippen molar-refractivity contribution in [2.24, 2.45) is 0 Å². The van der Waals surface area contributed by atoms with Crippen molar-refractivity contribution < 1.29 is 14.2 Å². The third-order valence-corrected chi connectivity index (χ3v) is 2.60. The highest BCUT2D eigenvalue weighted by atomic mass is 79.9. The molecule has 2 nitrogen and oxygen atoms in total. The van der Waals surface area contributed by atoms with Gasteiger partial charge >= 0.3 is 0 Å². The monoisotopic (exact) mass is 296 g/mol. The summed E-state index contributed by atoms with van der Waals surface area (Å²) < 4.78 is 19.2. The van der Waals surface area contributed by atoms with Crippen molar-refractivity contribution in [1.82, 2.24) is 0 Å². The lowest BCUT2D eigenvalue weighted by Crippen LogP contribution is -1.96. The second kappa shape index (κ2) is 5.19. The molecule has 0 bridgehead atoms. The molecular weight excluding hydrogens is 287 g/mol. The van der Waals surface area contributed by atoms with Crippen LogP contribution in [-0.2, 0) is 6.61 Å². The van der Waals surface area contributed by atoms with Gasteiger partial charge in [-0.05, 0) is 35.9 Å². The Morgan fingerprint density at radius 2 is 2.00 bits per heavy atom. The number of halogens is 2. The summed E-state index contributed by atoms with van der Waals surface area (Å²) in [7, 11) is 0. The van der Waals surface area contributed by atoms with Crippen LogP contribution in [0.5, 0.6) is 11.5 Å². The third kappa shape index (κ3) is 3.46. The molecular formula is C13H10BrFO2. The molecule has 0 unspecified atom stereocenters. The first-order chi connectivity index (χ1) is 8.13. The molecule has 88 valence electrons. The Morgan fingerprint density at radius 3 is 2.71 bits per heavy atom. The molecule has 2 aromatic carbocycles. The SMILES string of the molecule is Oc1cccc(OCc2cc(F)cc(Br)c2)c1. The van der Waals surface area contributed by atoms with Crippen molar-refractivity contribution in [3.8, 4) is 11.5 Å². The fourth-order valence-corrected chi connectivity index (χ4v) is 1.95. The molecule has 17 heavy (non-hydrogen) atoms. The van der Waals surface area contributed by atoms with E-state index in [0.717, 1.165) is 5.56 Å². The predicted molar refractivity (Wildman–Crippen MR) is 66.5 cm³/mol. The molecule has 0 radical (unpaired) electrons. The largest absolute Gasteiger partial charge is 0.508 e. The van der Waals surface area contributed by atoms with Crippen LogP contribution in [-0.4, -0.2) is 5.11 Å². The molecule has 0 saturated carbocycles. The number of rotatable bonds is 3. The molecule has 0 fully saturated rings. The number of aromatic hydroxyl groups is 1. The Balaban J connectivity index is 2.07. The fourth-order valence-electron chi connectivity index (χ4n) is 1.43. The van der Waals surface area contributed by atoms with Crippen molar-refractivity contribution in [3.63, 3.8) is 0 Å². The summed E-state index contributed by atoms with van der Waals surface area (Å²) in [4.78, 5) is 0. The summed E-state index contributed by atoms with van der Waals surface area (Å²) >= 11 is 3.22. The van der Waals surface area contributed by atoms with E-state index in [1.807, 2.05) is 0 Å². The Kier molecular flexibility index (Phi) is 3.64. The van der Waals surface area contributed by atoms with E-state index >= 15 is 0 Å². The van der Waals surface area contributed by atoms with E-state index in [0.29, 0.717) is 10.2 Å². The molecule has 0 aliphatic carbocycles. The molecule has 0 heterocycles. The highest BCUT2D eigenvalue weighted by molar-refractivity contribution is 9.10. The zero-order valence-corrected chi connectivity index (χ0v) is 10.4. The van der Waals surface area contributed by atoms with Gasteiger partial charge in [-0.15, -0.1) is 0 Å². The second-order valence-corrected chi connectivity index (χ2v) is 4.48. The summed E-state index contributed by atoms with van der Waals surface area (Å²) in [5.74, 6) is 0.377. The van der Waals surface area contributed by atoms with Gasteiger partial charge in [0.2, 0.25) is 0 Å². The molecule has 1 N–H and O–H groups in total. The van der Waals surface area contributed by atoms with Crippen LogP contribution in [0.2, 0.25) is 0 Å². The van der Waals surface area contributed by atoms with E-state index in [9.17, 15) is 9.50 Å². The third-order valence-electron chi connectivity index (χ3n) is 2.15. The molecule has 2 rings (SSSR count). The lowest BCUT2D eigenvalue weighted by molar-refractivity contribution is 0.303. The number of phenolic OH excluding ortho intramolecular Hbond substituents is 1. The summed E-state index contributed by atoms with van der Waals surface area (Å²) in [5.41, 5.74) is 0.722. The van der Waals surface area contributed by atoms with Crippen molar-refractivity contribution >= 4 is 15.9 Å². The maximum atomic E-state index is 13.1. The van der Waals surface area contributed by atoms with Gasteiger partial charge in [0.1, 0.15) is 23.9 Å². The van der Waals surface area contributed by atoms with Gasteiger partial charge in [0, 0.05) is 10.5 Å². The van der Waals surface area contributed by atoms with Gasteiger partial charge in [0.15, 0.2) is 0 Å². The molecule has 0 spiro atoms. The van der Waals surface area contributed by atoms with Crippen molar-refractivity contribution in [2.45, 2.75) is 6.61 Å². The molecule has 0 amide bonds. The first kappa shape index (κ1) is 11.9. The van der Waals surface area contributed by atoms with E-state index < -0.39 is 0 Å². The van der Waals surface area contributed by atoms with Crippen molar-refractivity contribution in [2.75, 3.05) is 0 Å². The lowest BCUT2D eigenvalue weighted by Gasteiger charge is -2.07. The van der Waals surface area contributed by atoms with Crippen molar-refractivity contribution in [3.05, 3.63) is 58.3 Å². The topological polar surface area (TPSA) is 29.5 Å². The van der Waals surface area contributed by atoms with Crippen LogP contribution in [0, 0.1) is 5.82 Å². The minimum Gasteiger partial charge on any atom is -0.508 e. The number of ether oxygens (including phenoxy) is 1. The van der Waals surface area contributed by atoms with Gasteiger partial charge < -0.3 is 9.84 Å². The van der Waals surface area contributed by atoms with Gasteiger partial charge in [-0.1, -0.05) is 22.0 Å². The van der Waals surface area contributed by atoms with E-state index in [-0.39, 0.29) is 18.2 Å². The van der Waals surface area contributed by atoms with E-state index in [2.05, 4.69) is 15.9 Å². The molecule has 0 aromatic heterocycles. The van der Waals surface area contributed by atoms with Crippen LogP contribution in [0.1, 0.15) is 5.56 Å². The molecule has 2 aromatic rings. The van der Waals surface area contributed by atoms with E-state index in [1.165, 1.54) is 18.2 Å². The van der Waals surface area contributed by atoms with Crippen LogP contribution in [0.4, 0.5) is 4.39 Å². The highest BCUT2D eigenvalue weighted by Gasteiger charge is 2.01. The summed E-state index contributed by atoms with van der Waals surface area (Å²) in [6, 6.07) is 11.1. The molecule has 0 saturated heterocycles. The quantitative estimate of drug-likeness (QED) is 0.931. The number of benzene rings is 2. The zero-order chi connectivity index (χ0) is 12.3. The van der Waals surface area contributed by atoms with Gasteiger partial charge in [-0.25, -0.2) is 4.39 Å². The average Bonchev–Trinajstić information content (AvgIpc) is 2.25. The van der Waals surface area contributed by atoms with Crippen LogP contribution >= 0.6 is 15.9 Å². The minimum atomic E-state index is -0.311. The van der Waals surface area contributed by atoms with Gasteiger partial charge in [0.25, 0.3) is 0 Å². The Morgan fingerprint density at radius 1 is 1.18 bits per heavy atom. The minimum absolute atomic E-state index is 0.142. The number of hydrogen-bond acceptors (Lipinski definition) is 2. The molecule has 0 atom stereocenters. The Labute approximate surface area is 107 Å². The van der Waals surface area contributed by atoms with E-state index in [1.54, 1.807) is 24.3 Å². The summed E-state index contributed by atoms with van der Waals surface area (Å²) in [6.07, 6.45) is 0. The Hall–Kier alpha value is -1.55. The summed E-state index contributed by atoms with van der Waals surface area (Å²) in [5, 5.41) is 9.25. The molecule has 0 aliphatic rings. The zero-order valence-electron chi connectivity index (χ0n) is 8.86. The fraction of sp³-hybridized carbons (Fsp3) is 0.0769. The van der Waals surface area contributed by atoms with Crippen LogP contribution in [0.15, 0.2) is 46.9 Å². The van der Waals surface area contributed by atoms with Gasteiger partial charge in [0.05, 0.1) is 0 Å². The van der Waals surface area contributed by atoms with Gasteiger partial charge in [-0.3, -0.25) is 0 Å². The van der Waals surface area contributed by atoms with Crippen LogP contribution in [0.3, 0.4) is 0 Å². The Bertz CT molecular complexity index is 508. The summed E-state index contributed by atoms with van der Waals surface area (Å²) in [6.45, 7) is 0.250. The standard InChI is InChI=1S/C13H10BrFO2/c14-10-4-9(5-11(15)6-10)8-17-13-3-1-2-12(16)7-13/h1-7,16H,8H2. The van der Waals surface area contributed by atoms with Crippen LogP contribution < -0.4 is 4.74 Å². The number of hydrogen-bond donors (Lipinski definition) is 1. The predicted octanol–water partition coefficient (Wildman–Crippen LogP) is 3.87. The van der Waals surface area contributed by atoms with Crippen LogP contribution in [0.25, 0.3) is 0 Å². The van der Waals surface area contributed by atoms with Gasteiger partial charge in [-0.2, -0.15) is 0 Å². The first-order valence-electron chi connectivity index (χ1n) is 5.00. The normalized spacial score (nSPS) is 10.2. The smallest absolute Gasteiger partial charge is 0.124 e. The lowest BCUT2D eigenvalue weighted by atomic mass is 10.2. The highest BCUT2D eigenvalue weighted by Crippen LogP contribution is 2.20. The van der Waals surface area contributed by atoms with E-state index in [4.69, 9.17) is 4.74 Å². The molecule has 4 heteroatoms.